The van der Waals surface area contributed by atoms with Gasteiger partial charge in [-0.15, -0.1) is 0 Å². The summed E-state index contributed by atoms with van der Waals surface area (Å²) in [7, 11) is -3.33. The molecule has 0 fully saturated rings. The summed E-state index contributed by atoms with van der Waals surface area (Å²) in [5, 5.41) is 3.84. The van der Waals surface area contributed by atoms with E-state index in [2.05, 4.69) is 15.3 Å². The minimum Gasteiger partial charge on any atom is -0.345 e. The van der Waals surface area contributed by atoms with Crippen molar-refractivity contribution < 1.29 is 8.42 Å². The van der Waals surface area contributed by atoms with Gasteiger partial charge in [0.05, 0.1) is 11.6 Å². The van der Waals surface area contributed by atoms with E-state index in [4.69, 9.17) is 0 Å². The van der Waals surface area contributed by atoms with Crippen molar-refractivity contribution in [2.75, 3.05) is 5.32 Å². The first kappa shape index (κ1) is 8.18. The number of fused-ring (bicyclic) bond motifs is 1. The van der Waals surface area contributed by atoms with E-state index < -0.39 is 9.84 Å². The summed E-state index contributed by atoms with van der Waals surface area (Å²) in [5.41, 5.74) is 0. The van der Waals surface area contributed by atoms with Crippen LogP contribution in [0.2, 0.25) is 0 Å². The van der Waals surface area contributed by atoms with Crippen LogP contribution >= 0.6 is 0 Å². The molecular weight excluding hydrogens is 190 g/mol. The van der Waals surface area contributed by atoms with Crippen LogP contribution < -0.4 is 5.32 Å². The number of anilines is 1. The summed E-state index contributed by atoms with van der Waals surface area (Å²) in [5.74, 6) is 0.881. The number of aryl methyl sites for hydroxylation is 1. The van der Waals surface area contributed by atoms with E-state index in [0.717, 1.165) is 5.41 Å². The lowest BCUT2D eigenvalue weighted by molar-refractivity contribution is 0.603. The van der Waals surface area contributed by atoms with Gasteiger partial charge in [0.15, 0.2) is 5.82 Å². The summed E-state index contributed by atoms with van der Waals surface area (Å²) in [4.78, 5) is 7.91. The predicted octanol–water partition coefficient (Wildman–Crippen LogP) is 0.455. The molecule has 5 nitrogen and oxygen atoms in total. The molecule has 0 amide bonds. The van der Waals surface area contributed by atoms with E-state index in [1.807, 2.05) is 0 Å². The van der Waals surface area contributed by atoms with Crippen molar-refractivity contribution in [3.05, 3.63) is 23.6 Å². The molecule has 0 radical (unpaired) electrons. The van der Waals surface area contributed by atoms with E-state index in [0.29, 0.717) is 11.6 Å². The quantitative estimate of drug-likeness (QED) is 0.654. The third-order valence-electron chi connectivity index (χ3n) is 1.65. The van der Waals surface area contributed by atoms with Crippen molar-refractivity contribution in [2.24, 2.45) is 0 Å². The fourth-order valence-electron chi connectivity index (χ4n) is 1.05. The average Bonchev–Trinajstić information content (AvgIpc) is 2.02. The molecule has 1 aromatic rings. The second-order valence-electron chi connectivity index (χ2n) is 2.62. The van der Waals surface area contributed by atoms with E-state index in [-0.39, 0.29) is 4.90 Å². The number of aromatic nitrogens is 2. The molecule has 0 saturated carbocycles. The largest absolute Gasteiger partial charge is 0.345 e. The molecule has 1 aromatic heterocycles. The van der Waals surface area contributed by atoms with Gasteiger partial charge in [-0.3, -0.25) is 0 Å². The van der Waals surface area contributed by atoms with Gasteiger partial charge in [0, 0.05) is 6.20 Å². The molecule has 0 atom stereocenters. The smallest absolute Gasteiger partial charge is 0.206 e. The van der Waals surface area contributed by atoms with Crippen molar-refractivity contribution in [3.8, 4) is 0 Å². The molecule has 0 spiro atoms. The monoisotopic (exact) mass is 197 g/mol. The molecule has 6 heteroatoms. The maximum atomic E-state index is 11.4. The lowest BCUT2D eigenvalue weighted by Crippen LogP contribution is -2.10. The van der Waals surface area contributed by atoms with Crippen LogP contribution in [0.25, 0.3) is 0 Å². The molecule has 68 valence electrons. The van der Waals surface area contributed by atoms with Crippen LogP contribution in [-0.4, -0.2) is 18.4 Å². The third kappa shape index (κ3) is 1.29. The first-order valence-electron chi connectivity index (χ1n) is 3.61. The predicted molar refractivity (Wildman–Crippen MR) is 46.7 cm³/mol. The van der Waals surface area contributed by atoms with Crippen LogP contribution in [0.1, 0.15) is 5.82 Å². The highest BCUT2D eigenvalue weighted by atomic mass is 32.2. The molecule has 0 bridgehead atoms. The molecule has 1 aliphatic heterocycles. The number of sulfone groups is 1. The molecule has 0 unspecified atom stereocenters. The maximum absolute atomic E-state index is 11.4. The molecule has 0 aliphatic carbocycles. The van der Waals surface area contributed by atoms with Crippen molar-refractivity contribution in [2.45, 2.75) is 11.8 Å². The molecule has 0 aromatic carbocycles. The lowest BCUT2D eigenvalue weighted by Gasteiger charge is -2.10. The van der Waals surface area contributed by atoms with Crippen molar-refractivity contribution in [1.29, 1.82) is 0 Å². The Labute approximate surface area is 75.4 Å². The van der Waals surface area contributed by atoms with Crippen molar-refractivity contribution in [1.82, 2.24) is 9.97 Å². The highest BCUT2D eigenvalue weighted by Gasteiger charge is 2.20. The molecule has 13 heavy (non-hydrogen) atoms. The zero-order valence-corrected chi connectivity index (χ0v) is 7.67. The Kier molecular flexibility index (Phi) is 1.59. The fourth-order valence-corrected chi connectivity index (χ4v) is 2.01. The van der Waals surface area contributed by atoms with E-state index >= 15 is 0 Å². The van der Waals surface area contributed by atoms with Crippen molar-refractivity contribution >= 4 is 15.7 Å². The van der Waals surface area contributed by atoms with Gasteiger partial charge in [-0.1, -0.05) is 0 Å². The molecule has 2 rings (SSSR count). The lowest BCUT2D eigenvalue weighted by atomic mass is 10.5. The van der Waals surface area contributed by atoms with Gasteiger partial charge in [0.25, 0.3) is 0 Å². The highest BCUT2D eigenvalue weighted by Crippen LogP contribution is 2.23. The summed E-state index contributed by atoms with van der Waals surface area (Å²) in [6.07, 6.45) is 2.66. The zero-order valence-electron chi connectivity index (χ0n) is 6.85. The molecular formula is C7H7N3O2S. The Bertz CT molecular complexity index is 479. The Morgan fingerprint density at radius 2 is 2.23 bits per heavy atom. The molecule has 0 saturated heterocycles. The maximum Gasteiger partial charge on any atom is 0.206 e. The van der Waals surface area contributed by atoms with Crippen LogP contribution in [0.5, 0.6) is 0 Å². The Balaban J connectivity index is 2.72. The van der Waals surface area contributed by atoms with Gasteiger partial charge < -0.3 is 5.32 Å². The van der Waals surface area contributed by atoms with Crippen LogP contribution in [-0.2, 0) is 9.84 Å². The SMILES string of the molecule is Cc1ncc2c(n1)NC=CS2(=O)=O. The average molecular weight is 197 g/mol. The number of nitrogens with zero attached hydrogens (tertiary/aromatic N) is 2. The third-order valence-corrected chi connectivity index (χ3v) is 3.06. The van der Waals surface area contributed by atoms with Gasteiger partial charge in [0.2, 0.25) is 9.84 Å². The molecule has 2 heterocycles. The first-order chi connectivity index (χ1) is 6.09. The normalized spacial score (nSPS) is 17.6. The van der Waals surface area contributed by atoms with Gasteiger partial charge in [-0.25, -0.2) is 18.4 Å². The molecule has 1 aliphatic rings. The summed E-state index contributed by atoms with van der Waals surface area (Å²) < 4.78 is 22.8. The Morgan fingerprint density at radius 1 is 1.46 bits per heavy atom. The standard InChI is InChI=1S/C7H7N3O2S/c1-5-9-4-6-7(10-5)8-2-3-13(6,11)12/h2-4H,1H3,(H,8,9,10). The number of nitrogens with one attached hydrogen (secondary N) is 1. The second kappa shape index (κ2) is 2.53. The second-order valence-corrected chi connectivity index (χ2v) is 4.42. The number of hydrogen-bond donors (Lipinski definition) is 1. The van der Waals surface area contributed by atoms with E-state index in [9.17, 15) is 8.42 Å². The zero-order chi connectivity index (χ0) is 9.47. The molecule has 1 N–H and O–H groups in total. The van der Waals surface area contributed by atoms with Gasteiger partial charge in [-0.2, -0.15) is 0 Å². The van der Waals surface area contributed by atoms with Crippen LogP contribution in [0, 0.1) is 6.92 Å². The van der Waals surface area contributed by atoms with Gasteiger partial charge in [-0.05, 0) is 6.92 Å². The van der Waals surface area contributed by atoms with Crippen molar-refractivity contribution in [3.63, 3.8) is 0 Å². The highest BCUT2D eigenvalue weighted by molar-refractivity contribution is 7.94. The fraction of sp³-hybridized carbons (Fsp3) is 0.143. The minimum absolute atomic E-state index is 0.126. The Hall–Kier alpha value is -1.43. The van der Waals surface area contributed by atoms with E-state index in [1.165, 1.54) is 12.4 Å². The van der Waals surface area contributed by atoms with Gasteiger partial charge >= 0.3 is 0 Å². The summed E-state index contributed by atoms with van der Waals surface area (Å²) >= 11 is 0. The summed E-state index contributed by atoms with van der Waals surface area (Å²) in [6.45, 7) is 1.70. The topological polar surface area (TPSA) is 72.0 Å². The Morgan fingerprint density at radius 3 is 3.00 bits per heavy atom. The number of hydrogen-bond acceptors (Lipinski definition) is 5. The van der Waals surface area contributed by atoms with Crippen LogP contribution in [0.15, 0.2) is 22.7 Å². The van der Waals surface area contributed by atoms with Crippen LogP contribution in [0.3, 0.4) is 0 Å². The number of rotatable bonds is 0. The van der Waals surface area contributed by atoms with Crippen LogP contribution in [0.4, 0.5) is 5.82 Å². The first-order valence-corrected chi connectivity index (χ1v) is 5.16. The minimum atomic E-state index is -3.33. The van der Waals surface area contributed by atoms with Gasteiger partial charge in [0.1, 0.15) is 10.7 Å². The van der Waals surface area contributed by atoms with E-state index in [1.54, 1.807) is 6.92 Å². The summed E-state index contributed by atoms with van der Waals surface area (Å²) in [6, 6.07) is 0.